The van der Waals surface area contributed by atoms with Crippen LogP contribution in [0.4, 0.5) is 5.69 Å². The van der Waals surface area contributed by atoms with Gasteiger partial charge in [0.2, 0.25) is 5.82 Å². The fourth-order valence-electron chi connectivity index (χ4n) is 1.45. The first-order valence-electron chi connectivity index (χ1n) is 5.45. The lowest BCUT2D eigenvalue weighted by atomic mass is 10.2. The number of anilines is 1. The highest BCUT2D eigenvalue weighted by molar-refractivity contribution is 5.89. The van der Waals surface area contributed by atoms with E-state index < -0.39 is 5.91 Å². The Labute approximate surface area is 105 Å². The van der Waals surface area contributed by atoms with Gasteiger partial charge in [-0.05, 0) is 24.3 Å². The highest BCUT2D eigenvalue weighted by atomic mass is 16.5. The van der Waals surface area contributed by atoms with Crippen molar-refractivity contribution in [1.82, 2.24) is 15.5 Å². The van der Waals surface area contributed by atoms with Gasteiger partial charge in [-0.15, -0.1) is 0 Å². The second kappa shape index (κ2) is 4.87. The van der Waals surface area contributed by atoms with Crippen LogP contribution in [0, 0.1) is 0 Å². The molecule has 0 saturated carbocycles. The molecule has 0 bridgehead atoms. The molecule has 0 fully saturated rings. The van der Waals surface area contributed by atoms with Gasteiger partial charge in [-0.25, -0.2) is 0 Å². The third-order valence-electron chi connectivity index (χ3n) is 2.49. The van der Waals surface area contributed by atoms with Crippen LogP contribution in [0.5, 0.6) is 0 Å². The summed E-state index contributed by atoms with van der Waals surface area (Å²) in [5, 5.41) is 6.20. The van der Waals surface area contributed by atoms with E-state index in [9.17, 15) is 4.79 Å². The summed E-state index contributed by atoms with van der Waals surface area (Å²) in [5.74, 6) is -0.0262. The van der Waals surface area contributed by atoms with Crippen molar-refractivity contribution in [3.8, 4) is 11.4 Å². The number of hydrogen-bond donors (Lipinski definition) is 1. The number of nitrogens with zero attached hydrogens (tertiary/aromatic N) is 3. The van der Waals surface area contributed by atoms with Crippen molar-refractivity contribution in [3.63, 3.8) is 0 Å². The van der Waals surface area contributed by atoms with E-state index in [-0.39, 0.29) is 5.89 Å². The quantitative estimate of drug-likeness (QED) is 0.880. The smallest absolute Gasteiger partial charge is 0.316 e. The van der Waals surface area contributed by atoms with Crippen LogP contribution in [0.25, 0.3) is 11.4 Å². The van der Waals surface area contributed by atoms with Crippen molar-refractivity contribution in [2.75, 3.05) is 26.0 Å². The van der Waals surface area contributed by atoms with Crippen LogP contribution in [0.15, 0.2) is 28.8 Å². The molecule has 2 rings (SSSR count). The van der Waals surface area contributed by atoms with Crippen LogP contribution < -0.4 is 10.2 Å². The van der Waals surface area contributed by atoms with Gasteiger partial charge >= 0.3 is 11.8 Å². The predicted molar refractivity (Wildman–Crippen MR) is 67.5 cm³/mol. The minimum absolute atomic E-state index is 0.0378. The van der Waals surface area contributed by atoms with Gasteiger partial charge in [0.15, 0.2) is 0 Å². The molecule has 0 aliphatic heterocycles. The summed E-state index contributed by atoms with van der Waals surface area (Å²) in [6.45, 7) is 0. The fraction of sp³-hybridized carbons (Fsp3) is 0.250. The van der Waals surface area contributed by atoms with Gasteiger partial charge in [0.25, 0.3) is 0 Å². The highest BCUT2D eigenvalue weighted by Crippen LogP contribution is 2.19. The molecular weight excluding hydrogens is 232 g/mol. The molecule has 6 heteroatoms. The van der Waals surface area contributed by atoms with E-state index in [1.807, 2.05) is 43.3 Å². The molecule has 0 aliphatic rings. The van der Waals surface area contributed by atoms with Crippen LogP contribution in [0.3, 0.4) is 0 Å². The number of carbonyl (C=O) groups is 1. The summed E-state index contributed by atoms with van der Waals surface area (Å²) in [7, 11) is 5.44. The van der Waals surface area contributed by atoms with E-state index in [2.05, 4.69) is 15.5 Å². The van der Waals surface area contributed by atoms with Gasteiger partial charge in [0.05, 0.1) is 0 Å². The lowest BCUT2D eigenvalue weighted by molar-refractivity contribution is 0.0919. The second-order valence-corrected chi connectivity index (χ2v) is 3.94. The summed E-state index contributed by atoms with van der Waals surface area (Å²) in [4.78, 5) is 17.3. The van der Waals surface area contributed by atoms with Crippen molar-refractivity contribution in [2.24, 2.45) is 0 Å². The molecular formula is C12H14N4O2. The average molecular weight is 246 g/mol. The number of nitrogens with one attached hydrogen (secondary N) is 1. The average Bonchev–Trinajstić information content (AvgIpc) is 2.87. The van der Waals surface area contributed by atoms with Crippen LogP contribution >= 0.6 is 0 Å². The summed E-state index contributed by atoms with van der Waals surface area (Å²) in [5.41, 5.74) is 1.88. The van der Waals surface area contributed by atoms with E-state index in [0.29, 0.717) is 5.82 Å². The molecule has 1 N–H and O–H groups in total. The third-order valence-corrected chi connectivity index (χ3v) is 2.49. The monoisotopic (exact) mass is 246 g/mol. The highest BCUT2D eigenvalue weighted by Gasteiger charge is 2.14. The Balaban J connectivity index is 2.26. The Morgan fingerprint density at radius 3 is 2.50 bits per heavy atom. The zero-order valence-electron chi connectivity index (χ0n) is 10.5. The Morgan fingerprint density at radius 2 is 1.94 bits per heavy atom. The maximum Gasteiger partial charge on any atom is 0.316 e. The molecule has 1 heterocycles. The maximum atomic E-state index is 11.3. The Morgan fingerprint density at radius 1 is 1.28 bits per heavy atom. The molecule has 18 heavy (non-hydrogen) atoms. The lowest BCUT2D eigenvalue weighted by Gasteiger charge is -2.11. The number of amides is 1. The van der Waals surface area contributed by atoms with Gasteiger partial charge in [-0.3, -0.25) is 4.79 Å². The van der Waals surface area contributed by atoms with Crippen molar-refractivity contribution >= 4 is 11.6 Å². The van der Waals surface area contributed by atoms with E-state index in [4.69, 9.17) is 4.52 Å². The van der Waals surface area contributed by atoms with Crippen LogP contribution in [-0.4, -0.2) is 37.2 Å². The van der Waals surface area contributed by atoms with Crippen molar-refractivity contribution in [1.29, 1.82) is 0 Å². The normalized spacial score (nSPS) is 10.2. The van der Waals surface area contributed by atoms with Gasteiger partial charge in [-0.1, -0.05) is 5.16 Å². The number of hydrogen-bond acceptors (Lipinski definition) is 5. The second-order valence-electron chi connectivity index (χ2n) is 3.94. The van der Waals surface area contributed by atoms with Crippen molar-refractivity contribution in [2.45, 2.75) is 0 Å². The maximum absolute atomic E-state index is 11.3. The van der Waals surface area contributed by atoms with Crippen molar-refractivity contribution < 1.29 is 9.32 Å². The van der Waals surface area contributed by atoms with Crippen LogP contribution in [-0.2, 0) is 0 Å². The minimum Gasteiger partial charge on any atom is -0.378 e. The number of benzene rings is 1. The molecule has 94 valence electrons. The van der Waals surface area contributed by atoms with E-state index >= 15 is 0 Å². The van der Waals surface area contributed by atoms with Gasteiger partial charge < -0.3 is 14.7 Å². The fourth-order valence-corrected chi connectivity index (χ4v) is 1.45. The first-order chi connectivity index (χ1) is 8.61. The predicted octanol–water partition coefficient (Wildman–Crippen LogP) is 1.16. The lowest BCUT2D eigenvalue weighted by Crippen LogP contribution is -2.17. The molecule has 0 radical (unpaired) electrons. The molecule has 1 aromatic carbocycles. The standard InChI is InChI=1S/C12H14N4O2/c1-13-11(17)12-14-10(15-18-12)8-4-6-9(7-5-8)16(2)3/h4-7H,1-3H3,(H,13,17). The SMILES string of the molecule is CNC(=O)c1nc(-c2ccc(N(C)C)cc2)no1. The molecule has 2 aromatic rings. The third kappa shape index (κ3) is 2.32. The van der Waals surface area contributed by atoms with Gasteiger partial charge in [-0.2, -0.15) is 4.98 Å². The van der Waals surface area contributed by atoms with E-state index in [1.54, 1.807) is 0 Å². The topological polar surface area (TPSA) is 71.3 Å². The number of rotatable bonds is 3. The molecule has 1 aromatic heterocycles. The Kier molecular flexibility index (Phi) is 3.27. The van der Waals surface area contributed by atoms with Gasteiger partial charge in [0.1, 0.15) is 0 Å². The van der Waals surface area contributed by atoms with E-state index in [1.165, 1.54) is 7.05 Å². The minimum atomic E-state index is -0.390. The van der Waals surface area contributed by atoms with Crippen LogP contribution in [0.1, 0.15) is 10.7 Å². The van der Waals surface area contributed by atoms with Crippen LogP contribution in [0.2, 0.25) is 0 Å². The number of carbonyl (C=O) groups excluding carboxylic acids is 1. The molecule has 0 spiro atoms. The first-order valence-corrected chi connectivity index (χ1v) is 5.45. The Hall–Kier alpha value is -2.37. The van der Waals surface area contributed by atoms with Crippen molar-refractivity contribution in [3.05, 3.63) is 30.2 Å². The first kappa shape index (κ1) is 12.1. The zero-order chi connectivity index (χ0) is 13.1. The molecule has 1 amide bonds. The summed E-state index contributed by atoms with van der Waals surface area (Å²) in [6, 6.07) is 7.66. The molecule has 0 saturated heterocycles. The number of aromatic nitrogens is 2. The Bertz CT molecular complexity index is 545. The summed E-state index contributed by atoms with van der Waals surface area (Å²) in [6.07, 6.45) is 0. The largest absolute Gasteiger partial charge is 0.378 e. The molecule has 6 nitrogen and oxygen atoms in total. The van der Waals surface area contributed by atoms with E-state index in [0.717, 1.165) is 11.3 Å². The molecule has 0 aliphatic carbocycles. The molecule has 0 atom stereocenters. The summed E-state index contributed by atoms with van der Waals surface area (Å²) < 4.78 is 4.87. The molecule has 0 unspecified atom stereocenters. The zero-order valence-corrected chi connectivity index (χ0v) is 10.5. The van der Waals surface area contributed by atoms with Gasteiger partial charge in [0, 0.05) is 32.4 Å². The summed E-state index contributed by atoms with van der Waals surface area (Å²) >= 11 is 0.